The third-order valence-electron chi connectivity index (χ3n) is 2.51. The quantitative estimate of drug-likeness (QED) is 0.612. The number of rotatable bonds is 0. The van der Waals surface area contributed by atoms with Crippen LogP contribution in [0, 0.1) is 5.41 Å². The van der Waals surface area contributed by atoms with E-state index < -0.39 is 0 Å². The minimum atomic E-state index is -0.331. The fourth-order valence-electron chi connectivity index (χ4n) is 1.94. The Labute approximate surface area is 71.8 Å². The lowest BCUT2D eigenvalue weighted by molar-refractivity contribution is 0.0993. The molecule has 12 heavy (non-hydrogen) atoms. The molecule has 3 heteroatoms. The van der Waals surface area contributed by atoms with E-state index in [1.807, 2.05) is 0 Å². The maximum absolute atomic E-state index is 9.73. The lowest BCUT2D eigenvalue weighted by atomic mass is 9.76. The summed E-state index contributed by atoms with van der Waals surface area (Å²) in [5.41, 5.74) is 2.27. The van der Waals surface area contributed by atoms with Gasteiger partial charge in [-0.3, -0.25) is 5.10 Å². The minimum Gasteiger partial charge on any atom is -0.388 e. The maximum atomic E-state index is 9.73. The van der Waals surface area contributed by atoms with Gasteiger partial charge < -0.3 is 5.11 Å². The van der Waals surface area contributed by atoms with Crippen molar-refractivity contribution in [2.24, 2.45) is 5.41 Å². The Bertz CT molecular complexity index is 290. The topological polar surface area (TPSA) is 48.9 Å². The summed E-state index contributed by atoms with van der Waals surface area (Å²) in [6.07, 6.45) is 3.22. The van der Waals surface area contributed by atoms with Crippen LogP contribution in [0.2, 0.25) is 0 Å². The first-order valence-electron chi connectivity index (χ1n) is 4.29. The molecule has 0 aromatic carbocycles. The van der Waals surface area contributed by atoms with Gasteiger partial charge in [-0.2, -0.15) is 5.10 Å². The van der Waals surface area contributed by atoms with Gasteiger partial charge in [0.1, 0.15) is 0 Å². The van der Waals surface area contributed by atoms with E-state index in [0.29, 0.717) is 0 Å². The van der Waals surface area contributed by atoms with Crippen molar-refractivity contribution < 1.29 is 5.11 Å². The normalized spacial score (nSPS) is 26.8. The summed E-state index contributed by atoms with van der Waals surface area (Å²) in [6, 6.07) is 0. The van der Waals surface area contributed by atoms with Crippen LogP contribution < -0.4 is 0 Å². The first kappa shape index (κ1) is 7.80. The van der Waals surface area contributed by atoms with Gasteiger partial charge in [-0.05, 0) is 18.3 Å². The number of hydrogen-bond donors (Lipinski definition) is 2. The summed E-state index contributed by atoms with van der Waals surface area (Å²) in [4.78, 5) is 0. The first-order valence-corrected chi connectivity index (χ1v) is 4.29. The van der Waals surface area contributed by atoms with Crippen LogP contribution in [-0.2, 0) is 6.42 Å². The molecule has 0 bridgehead atoms. The van der Waals surface area contributed by atoms with Gasteiger partial charge in [-0.15, -0.1) is 0 Å². The van der Waals surface area contributed by atoms with Gasteiger partial charge in [-0.1, -0.05) is 13.8 Å². The SMILES string of the molecule is CC1(C)Cc2[nH]ncc2[C@@H](O)C1. The predicted molar refractivity (Wildman–Crippen MR) is 45.6 cm³/mol. The molecule has 0 aliphatic heterocycles. The second-order valence-corrected chi connectivity index (χ2v) is 4.36. The standard InChI is InChI=1S/C9H14N2O/c1-9(2)3-7-6(5-10-11-7)8(12)4-9/h5,8,12H,3-4H2,1-2H3,(H,10,11)/t8-/m0/s1. The van der Waals surface area contributed by atoms with E-state index in [1.54, 1.807) is 6.20 Å². The Hall–Kier alpha value is -0.830. The zero-order valence-corrected chi connectivity index (χ0v) is 7.46. The fraction of sp³-hybridized carbons (Fsp3) is 0.667. The van der Waals surface area contributed by atoms with Crippen molar-refractivity contribution >= 4 is 0 Å². The number of aromatic nitrogens is 2. The summed E-state index contributed by atoms with van der Waals surface area (Å²) >= 11 is 0. The molecule has 0 radical (unpaired) electrons. The molecule has 1 aromatic heterocycles. The average molecular weight is 166 g/mol. The van der Waals surface area contributed by atoms with Crippen LogP contribution in [0.4, 0.5) is 0 Å². The van der Waals surface area contributed by atoms with E-state index in [-0.39, 0.29) is 11.5 Å². The fourth-order valence-corrected chi connectivity index (χ4v) is 1.94. The molecular formula is C9H14N2O. The van der Waals surface area contributed by atoms with Gasteiger partial charge in [0.15, 0.2) is 0 Å². The number of H-pyrrole nitrogens is 1. The molecule has 0 saturated carbocycles. The Balaban J connectivity index is 2.38. The van der Waals surface area contributed by atoms with Gasteiger partial charge in [0.2, 0.25) is 0 Å². The van der Waals surface area contributed by atoms with Gasteiger partial charge in [0.05, 0.1) is 12.3 Å². The van der Waals surface area contributed by atoms with Gasteiger partial charge >= 0.3 is 0 Å². The molecule has 2 N–H and O–H groups in total. The van der Waals surface area contributed by atoms with Crippen molar-refractivity contribution in [3.63, 3.8) is 0 Å². The van der Waals surface area contributed by atoms with Crippen molar-refractivity contribution in [2.45, 2.75) is 32.8 Å². The molecule has 0 unspecified atom stereocenters. The molecule has 1 aliphatic carbocycles. The Morgan fingerprint density at radius 2 is 2.42 bits per heavy atom. The zero-order chi connectivity index (χ0) is 8.77. The molecule has 3 nitrogen and oxygen atoms in total. The number of aromatic amines is 1. The highest BCUT2D eigenvalue weighted by Crippen LogP contribution is 2.39. The molecule has 0 saturated heterocycles. The van der Waals surface area contributed by atoms with Crippen LogP contribution in [-0.4, -0.2) is 15.3 Å². The van der Waals surface area contributed by atoms with E-state index in [1.165, 1.54) is 0 Å². The molecule has 0 spiro atoms. The van der Waals surface area contributed by atoms with Crippen LogP contribution in [0.15, 0.2) is 6.20 Å². The second kappa shape index (κ2) is 2.33. The number of nitrogens with one attached hydrogen (secondary N) is 1. The Kier molecular flexibility index (Phi) is 1.51. The summed E-state index contributed by atoms with van der Waals surface area (Å²) < 4.78 is 0. The molecular weight excluding hydrogens is 152 g/mol. The lowest BCUT2D eigenvalue weighted by Crippen LogP contribution is -2.24. The van der Waals surface area contributed by atoms with Crippen molar-refractivity contribution in [3.05, 3.63) is 17.5 Å². The molecule has 2 rings (SSSR count). The summed E-state index contributed by atoms with van der Waals surface area (Å²) in [7, 11) is 0. The zero-order valence-electron chi connectivity index (χ0n) is 7.46. The summed E-state index contributed by atoms with van der Waals surface area (Å²) in [5, 5.41) is 16.6. The summed E-state index contributed by atoms with van der Waals surface area (Å²) in [6.45, 7) is 4.33. The predicted octanol–water partition coefficient (Wildman–Crippen LogP) is 1.42. The van der Waals surface area contributed by atoms with Gasteiger partial charge in [0, 0.05) is 11.3 Å². The van der Waals surface area contributed by atoms with E-state index >= 15 is 0 Å². The largest absolute Gasteiger partial charge is 0.388 e. The van der Waals surface area contributed by atoms with Crippen molar-refractivity contribution in [1.82, 2.24) is 10.2 Å². The van der Waals surface area contributed by atoms with E-state index in [2.05, 4.69) is 24.0 Å². The average Bonchev–Trinajstić information content (AvgIpc) is 2.31. The molecule has 66 valence electrons. The molecule has 0 fully saturated rings. The van der Waals surface area contributed by atoms with Crippen LogP contribution in [0.25, 0.3) is 0 Å². The lowest BCUT2D eigenvalue weighted by Gasteiger charge is -2.31. The maximum Gasteiger partial charge on any atom is 0.0828 e. The van der Waals surface area contributed by atoms with Crippen molar-refractivity contribution in [3.8, 4) is 0 Å². The van der Waals surface area contributed by atoms with E-state index in [0.717, 1.165) is 24.1 Å². The third-order valence-corrected chi connectivity index (χ3v) is 2.51. The number of aliphatic hydroxyl groups is 1. The Morgan fingerprint density at radius 3 is 3.17 bits per heavy atom. The van der Waals surface area contributed by atoms with Crippen LogP contribution >= 0.6 is 0 Å². The second-order valence-electron chi connectivity index (χ2n) is 4.36. The van der Waals surface area contributed by atoms with Crippen LogP contribution in [0.3, 0.4) is 0 Å². The van der Waals surface area contributed by atoms with Crippen LogP contribution in [0.5, 0.6) is 0 Å². The molecule has 0 amide bonds. The number of fused-ring (bicyclic) bond motifs is 1. The molecule has 1 heterocycles. The van der Waals surface area contributed by atoms with E-state index in [4.69, 9.17) is 0 Å². The van der Waals surface area contributed by atoms with Gasteiger partial charge in [-0.25, -0.2) is 0 Å². The smallest absolute Gasteiger partial charge is 0.0828 e. The summed E-state index contributed by atoms with van der Waals surface area (Å²) in [5.74, 6) is 0. The number of aliphatic hydroxyl groups excluding tert-OH is 1. The third kappa shape index (κ3) is 1.14. The van der Waals surface area contributed by atoms with Crippen LogP contribution in [0.1, 0.15) is 37.6 Å². The monoisotopic (exact) mass is 166 g/mol. The van der Waals surface area contributed by atoms with E-state index in [9.17, 15) is 5.11 Å². The Morgan fingerprint density at radius 1 is 1.67 bits per heavy atom. The highest BCUT2D eigenvalue weighted by Gasteiger charge is 2.32. The van der Waals surface area contributed by atoms with Gasteiger partial charge in [0.25, 0.3) is 0 Å². The molecule has 1 aromatic rings. The highest BCUT2D eigenvalue weighted by molar-refractivity contribution is 5.23. The molecule has 1 aliphatic rings. The minimum absolute atomic E-state index is 0.193. The first-order chi connectivity index (χ1) is 5.58. The number of nitrogens with zero attached hydrogens (tertiary/aromatic N) is 1. The number of hydrogen-bond acceptors (Lipinski definition) is 2. The van der Waals surface area contributed by atoms with Crippen molar-refractivity contribution in [2.75, 3.05) is 0 Å². The van der Waals surface area contributed by atoms with Crippen molar-refractivity contribution in [1.29, 1.82) is 0 Å². The molecule has 1 atom stereocenters. The highest BCUT2D eigenvalue weighted by atomic mass is 16.3.